The van der Waals surface area contributed by atoms with Gasteiger partial charge in [-0.1, -0.05) is 0 Å². The van der Waals surface area contributed by atoms with Gasteiger partial charge in [-0.2, -0.15) is 5.10 Å². The van der Waals surface area contributed by atoms with Crippen molar-refractivity contribution in [3.8, 4) is 0 Å². The molecule has 0 saturated heterocycles. The summed E-state index contributed by atoms with van der Waals surface area (Å²) >= 11 is 0. The Balaban J connectivity index is 2.30. The summed E-state index contributed by atoms with van der Waals surface area (Å²) in [6.07, 6.45) is 3.07. The minimum absolute atomic E-state index is 0.119. The van der Waals surface area contributed by atoms with Gasteiger partial charge in [0.25, 0.3) is 0 Å². The van der Waals surface area contributed by atoms with Crippen LogP contribution in [0.25, 0.3) is 0 Å². The molecule has 0 aromatic carbocycles. The number of methoxy groups -OCH3 is 1. The zero-order chi connectivity index (χ0) is 9.68. The Morgan fingerprint density at radius 2 is 2.46 bits per heavy atom. The van der Waals surface area contributed by atoms with E-state index in [1.807, 2.05) is 19.3 Å². The van der Waals surface area contributed by atoms with E-state index in [2.05, 4.69) is 5.10 Å². The maximum atomic E-state index is 11.1. The van der Waals surface area contributed by atoms with E-state index in [1.54, 1.807) is 4.68 Å². The highest BCUT2D eigenvalue weighted by Gasteiger charge is 2.03. The standard InChI is InChI=1S/C9H14N2O2/c1-11-6-5-8(10-11)3-4-9(12)7-13-2/h5-6H,3-4,7H2,1-2H3. The molecule has 1 rings (SSSR count). The lowest BCUT2D eigenvalue weighted by Crippen LogP contribution is -2.07. The number of carbonyl (C=O) groups excluding carboxylic acids is 1. The Hall–Kier alpha value is -1.16. The molecular formula is C9H14N2O2. The summed E-state index contributed by atoms with van der Waals surface area (Å²) in [4.78, 5) is 11.1. The monoisotopic (exact) mass is 182 g/mol. The summed E-state index contributed by atoms with van der Waals surface area (Å²) < 4.78 is 6.45. The molecule has 1 heterocycles. The Kier molecular flexibility index (Phi) is 3.64. The molecular weight excluding hydrogens is 168 g/mol. The number of nitrogens with zero attached hydrogens (tertiary/aromatic N) is 2. The zero-order valence-corrected chi connectivity index (χ0v) is 7.99. The molecule has 0 saturated carbocycles. The molecule has 0 N–H and O–H groups in total. The molecule has 0 spiro atoms. The molecule has 4 heteroatoms. The number of ketones is 1. The van der Waals surface area contributed by atoms with Crippen LogP contribution in [0.1, 0.15) is 12.1 Å². The van der Waals surface area contributed by atoms with Crippen molar-refractivity contribution >= 4 is 5.78 Å². The van der Waals surface area contributed by atoms with Gasteiger partial charge in [0.05, 0.1) is 5.69 Å². The SMILES string of the molecule is COCC(=O)CCc1ccn(C)n1. The molecule has 0 radical (unpaired) electrons. The first kappa shape index (κ1) is 9.92. The van der Waals surface area contributed by atoms with Gasteiger partial charge in [-0.15, -0.1) is 0 Å². The summed E-state index contributed by atoms with van der Waals surface area (Å²) in [7, 11) is 3.39. The highest BCUT2D eigenvalue weighted by Crippen LogP contribution is 1.99. The second-order valence-electron chi connectivity index (χ2n) is 2.95. The molecule has 13 heavy (non-hydrogen) atoms. The normalized spacial score (nSPS) is 10.3. The topological polar surface area (TPSA) is 44.1 Å². The molecule has 0 atom stereocenters. The molecule has 72 valence electrons. The van der Waals surface area contributed by atoms with Gasteiger partial charge in [-0.3, -0.25) is 9.48 Å². The summed E-state index contributed by atoms with van der Waals surface area (Å²) in [5.41, 5.74) is 0.951. The van der Waals surface area contributed by atoms with Crippen molar-refractivity contribution in [3.63, 3.8) is 0 Å². The van der Waals surface area contributed by atoms with Gasteiger partial charge in [0.2, 0.25) is 0 Å². The van der Waals surface area contributed by atoms with Crippen molar-refractivity contribution in [1.82, 2.24) is 9.78 Å². The maximum Gasteiger partial charge on any atom is 0.158 e. The van der Waals surface area contributed by atoms with E-state index in [0.717, 1.165) is 5.69 Å². The van der Waals surface area contributed by atoms with Gasteiger partial charge in [-0.05, 0) is 12.5 Å². The molecule has 0 amide bonds. The van der Waals surface area contributed by atoms with Gasteiger partial charge in [0.1, 0.15) is 6.61 Å². The van der Waals surface area contributed by atoms with Crippen molar-refractivity contribution in [3.05, 3.63) is 18.0 Å². The lowest BCUT2D eigenvalue weighted by molar-refractivity contribution is -0.122. The van der Waals surface area contributed by atoms with Crippen LogP contribution in [-0.2, 0) is 23.0 Å². The first-order valence-electron chi connectivity index (χ1n) is 4.21. The number of aromatic nitrogens is 2. The summed E-state index contributed by atoms with van der Waals surface area (Å²) in [6, 6.07) is 1.92. The highest BCUT2D eigenvalue weighted by molar-refractivity contribution is 5.79. The average molecular weight is 182 g/mol. The maximum absolute atomic E-state index is 11.1. The molecule has 0 fully saturated rings. The van der Waals surface area contributed by atoms with Crippen molar-refractivity contribution in [1.29, 1.82) is 0 Å². The van der Waals surface area contributed by atoms with E-state index in [4.69, 9.17) is 4.74 Å². The lowest BCUT2D eigenvalue weighted by atomic mass is 10.2. The predicted molar refractivity (Wildman–Crippen MR) is 48.4 cm³/mol. The first-order valence-corrected chi connectivity index (χ1v) is 4.21. The smallest absolute Gasteiger partial charge is 0.158 e. The van der Waals surface area contributed by atoms with Crippen LogP contribution in [0.2, 0.25) is 0 Å². The quantitative estimate of drug-likeness (QED) is 0.668. The largest absolute Gasteiger partial charge is 0.377 e. The van der Waals surface area contributed by atoms with Gasteiger partial charge in [0, 0.05) is 26.8 Å². The molecule has 1 aromatic heterocycles. The fourth-order valence-electron chi connectivity index (χ4n) is 1.10. The Labute approximate surface area is 77.5 Å². The number of aryl methyl sites for hydroxylation is 2. The average Bonchev–Trinajstić information content (AvgIpc) is 2.49. The van der Waals surface area contributed by atoms with Crippen molar-refractivity contribution in [2.75, 3.05) is 13.7 Å². The summed E-state index contributed by atoms with van der Waals surface area (Å²) in [6.45, 7) is 0.201. The molecule has 0 aliphatic rings. The van der Waals surface area contributed by atoms with Crippen LogP contribution >= 0.6 is 0 Å². The molecule has 0 aliphatic carbocycles. The van der Waals surface area contributed by atoms with Crippen LogP contribution in [0.15, 0.2) is 12.3 Å². The van der Waals surface area contributed by atoms with Crippen LogP contribution in [0.5, 0.6) is 0 Å². The fraction of sp³-hybridized carbons (Fsp3) is 0.556. The van der Waals surface area contributed by atoms with Gasteiger partial charge >= 0.3 is 0 Å². The van der Waals surface area contributed by atoms with E-state index < -0.39 is 0 Å². The first-order chi connectivity index (χ1) is 6.22. The van der Waals surface area contributed by atoms with E-state index >= 15 is 0 Å². The van der Waals surface area contributed by atoms with Crippen molar-refractivity contribution in [2.24, 2.45) is 7.05 Å². The number of hydrogen-bond acceptors (Lipinski definition) is 3. The number of rotatable bonds is 5. The van der Waals surface area contributed by atoms with E-state index in [9.17, 15) is 4.79 Å². The predicted octanol–water partition coefficient (Wildman–Crippen LogP) is 0.568. The molecule has 0 aliphatic heterocycles. The van der Waals surface area contributed by atoms with Crippen LogP contribution < -0.4 is 0 Å². The van der Waals surface area contributed by atoms with Crippen LogP contribution in [0.4, 0.5) is 0 Å². The highest BCUT2D eigenvalue weighted by atomic mass is 16.5. The third-order valence-electron chi connectivity index (χ3n) is 1.73. The van der Waals surface area contributed by atoms with E-state index in [0.29, 0.717) is 12.8 Å². The number of hydrogen-bond donors (Lipinski definition) is 0. The van der Waals surface area contributed by atoms with Gasteiger partial charge in [0.15, 0.2) is 5.78 Å². The van der Waals surface area contributed by atoms with Crippen LogP contribution in [0.3, 0.4) is 0 Å². The van der Waals surface area contributed by atoms with Crippen LogP contribution in [-0.4, -0.2) is 29.3 Å². The minimum atomic E-state index is 0.119. The summed E-state index contributed by atoms with van der Waals surface area (Å²) in [5, 5.41) is 4.17. The third kappa shape index (κ3) is 3.38. The molecule has 4 nitrogen and oxygen atoms in total. The number of carbonyl (C=O) groups is 1. The van der Waals surface area contributed by atoms with E-state index in [1.165, 1.54) is 7.11 Å². The number of Topliss-reactive ketones (excluding diaryl/α,β-unsaturated/α-hetero) is 1. The Morgan fingerprint density at radius 3 is 3.00 bits per heavy atom. The molecule has 1 aromatic rings. The zero-order valence-electron chi connectivity index (χ0n) is 7.99. The number of ether oxygens (including phenoxy) is 1. The second-order valence-corrected chi connectivity index (χ2v) is 2.95. The van der Waals surface area contributed by atoms with Crippen LogP contribution in [0, 0.1) is 0 Å². The Morgan fingerprint density at radius 1 is 1.69 bits per heavy atom. The third-order valence-corrected chi connectivity index (χ3v) is 1.73. The molecule has 0 unspecified atom stereocenters. The summed E-state index contributed by atoms with van der Waals surface area (Å²) in [5.74, 6) is 0.119. The molecule has 0 bridgehead atoms. The van der Waals surface area contributed by atoms with Crippen molar-refractivity contribution < 1.29 is 9.53 Å². The lowest BCUT2D eigenvalue weighted by Gasteiger charge is -1.96. The fourth-order valence-corrected chi connectivity index (χ4v) is 1.10. The van der Waals surface area contributed by atoms with Gasteiger partial charge in [-0.25, -0.2) is 0 Å². The van der Waals surface area contributed by atoms with Crippen molar-refractivity contribution in [2.45, 2.75) is 12.8 Å². The Bertz CT molecular complexity index is 281. The van der Waals surface area contributed by atoms with Gasteiger partial charge < -0.3 is 4.74 Å². The minimum Gasteiger partial charge on any atom is -0.377 e. The second kappa shape index (κ2) is 4.77. The van der Waals surface area contributed by atoms with E-state index in [-0.39, 0.29) is 12.4 Å².